The zero-order valence-electron chi connectivity index (χ0n) is 13.1. The zero-order valence-corrected chi connectivity index (χ0v) is 13.9. The van der Waals surface area contributed by atoms with E-state index in [2.05, 4.69) is 9.88 Å². The summed E-state index contributed by atoms with van der Waals surface area (Å²) >= 11 is 0. The van der Waals surface area contributed by atoms with Crippen molar-refractivity contribution in [1.82, 2.24) is 9.88 Å². The second-order valence-electron chi connectivity index (χ2n) is 5.70. The van der Waals surface area contributed by atoms with Gasteiger partial charge in [0.05, 0.1) is 23.5 Å². The lowest BCUT2D eigenvalue weighted by molar-refractivity contribution is -0.120. The first-order valence-electron chi connectivity index (χ1n) is 7.39. The number of hydrogen-bond donors (Lipinski definition) is 1. The van der Waals surface area contributed by atoms with Gasteiger partial charge >= 0.3 is 0 Å². The van der Waals surface area contributed by atoms with Gasteiger partial charge < -0.3 is 9.26 Å². The molecule has 2 heterocycles. The van der Waals surface area contributed by atoms with Crippen LogP contribution >= 0.6 is 0 Å². The zero-order chi connectivity index (χ0) is 16.3. The van der Waals surface area contributed by atoms with E-state index in [4.69, 9.17) is 9.26 Å². The Morgan fingerprint density at radius 1 is 1.41 bits per heavy atom. The number of amides is 1. The number of rotatable bonds is 5. The molecule has 1 fully saturated rings. The molecule has 1 aliphatic rings. The van der Waals surface area contributed by atoms with Crippen LogP contribution in [0.4, 0.5) is 0 Å². The molecule has 124 valence electrons. The van der Waals surface area contributed by atoms with Crippen molar-refractivity contribution in [3.05, 3.63) is 17.0 Å². The van der Waals surface area contributed by atoms with Crippen molar-refractivity contribution in [2.75, 3.05) is 12.4 Å². The minimum absolute atomic E-state index is 0.187. The molecule has 1 amide bonds. The molecule has 0 spiro atoms. The molecule has 1 aromatic rings. The molecule has 1 aromatic heterocycles. The van der Waals surface area contributed by atoms with E-state index in [1.807, 2.05) is 0 Å². The Balaban J connectivity index is 2.00. The minimum Gasteiger partial charge on any atom is -0.377 e. The molecule has 7 nitrogen and oxygen atoms in total. The molecule has 0 aromatic carbocycles. The van der Waals surface area contributed by atoms with Crippen LogP contribution in [0.3, 0.4) is 0 Å². The topological polar surface area (TPSA) is 98.5 Å². The van der Waals surface area contributed by atoms with Gasteiger partial charge in [0.25, 0.3) is 0 Å². The van der Waals surface area contributed by atoms with Gasteiger partial charge in [-0.3, -0.25) is 9.52 Å². The molecule has 0 unspecified atom stereocenters. The van der Waals surface area contributed by atoms with Crippen molar-refractivity contribution in [2.45, 2.75) is 52.1 Å². The molecule has 1 N–H and O–H groups in total. The van der Waals surface area contributed by atoms with Gasteiger partial charge in [0, 0.05) is 12.2 Å². The number of carbonyl (C=O) groups is 1. The van der Waals surface area contributed by atoms with Crippen molar-refractivity contribution in [3.8, 4) is 0 Å². The second-order valence-corrected chi connectivity index (χ2v) is 7.46. The maximum atomic E-state index is 12.2. The number of nitrogens with zero attached hydrogens (tertiary/aromatic N) is 1. The molecule has 8 heteroatoms. The molecule has 2 atom stereocenters. The molecular formula is C14H22N2O5S. The Bertz CT molecular complexity index is 612. The Hall–Kier alpha value is -1.41. The molecule has 0 saturated carbocycles. The maximum Gasteiger partial charge on any atom is 0.240 e. The monoisotopic (exact) mass is 330 g/mol. The van der Waals surface area contributed by atoms with E-state index < -0.39 is 21.8 Å². The summed E-state index contributed by atoms with van der Waals surface area (Å²) in [5.41, 5.74) is 1.22. The fourth-order valence-electron chi connectivity index (χ4n) is 2.71. The van der Waals surface area contributed by atoms with E-state index in [0.29, 0.717) is 30.0 Å². The van der Waals surface area contributed by atoms with Crippen molar-refractivity contribution < 1.29 is 22.5 Å². The molecule has 0 bridgehead atoms. The smallest absolute Gasteiger partial charge is 0.240 e. The third kappa shape index (κ3) is 4.07. The van der Waals surface area contributed by atoms with Crippen LogP contribution in [0.5, 0.6) is 0 Å². The highest BCUT2D eigenvalue weighted by Crippen LogP contribution is 2.23. The van der Waals surface area contributed by atoms with Crippen LogP contribution in [0.15, 0.2) is 4.52 Å². The van der Waals surface area contributed by atoms with Crippen molar-refractivity contribution in [2.24, 2.45) is 0 Å². The van der Waals surface area contributed by atoms with Gasteiger partial charge in [-0.15, -0.1) is 0 Å². The average molecular weight is 330 g/mol. The Morgan fingerprint density at radius 2 is 2.14 bits per heavy atom. The van der Waals surface area contributed by atoms with Gasteiger partial charge in [0.1, 0.15) is 5.76 Å². The molecule has 22 heavy (non-hydrogen) atoms. The lowest BCUT2D eigenvalue weighted by atomic mass is 9.99. The highest BCUT2D eigenvalue weighted by molar-refractivity contribution is 7.90. The van der Waals surface area contributed by atoms with Crippen LogP contribution in [0, 0.1) is 13.8 Å². The summed E-state index contributed by atoms with van der Waals surface area (Å²) in [4.78, 5) is 12.2. The molecule has 1 saturated heterocycles. The van der Waals surface area contributed by atoms with Gasteiger partial charge in [-0.1, -0.05) is 5.16 Å². The minimum atomic E-state index is -3.72. The maximum absolute atomic E-state index is 12.2. The highest BCUT2D eigenvalue weighted by Gasteiger charge is 2.28. The molecule has 1 aliphatic heterocycles. The second kappa shape index (κ2) is 6.78. The summed E-state index contributed by atoms with van der Waals surface area (Å²) in [6.45, 7) is 5.63. The summed E-state index contributed by atoms with van der Waals surface area (Å²) in [7, 11) is -3.72. The fourth-order valence-corrected chi connectivity index (χ4v) is 4.03. The number of aromatic nitrogens is 1. The lowest BCUT2D eigenvalue weighted by Gasteiger charge is -2.22. The van der Waals surface area contributed by atoms with Crippen molar-refractivity contribution in [3.63, 3.8) is 0 Å². The number of hydrogen-bond acceptors (Lipinski definition) is 6. The molecule has 2 rings (SSSR count). The van der Waals surface area contributed by atoms with Gasteiger partial charge in [0.2, 0.25) is 15.9 Å². The first-order valence-corrected chi connectivity index (χ1v) is 9.04. The number of sulfonamides is 1. The van der Waals surface area contributed by atoms with Crippen LogP contribution in [0.1, 0.15) is 49.1 Å². The SMILES string of the molecule is Cc1noc(C)c1[C@H](C)C(=O)NS(=O)(=O)C[C@@H]1CCCCO1. The molecule has 0 radical (unpaired) electrons. The Morgan fingerprint density at radius 3 is 2.68 bits per heavy atom. The third-order valence-corrected chi connectivity index (χ3v) is 5.17. The van der Waals surface area contributed by atoms with E-state index >= 15 is 0 Å². The predicted molar refractivity (Wildman–Crippen MR) is 79.9 cm³/mol. The fraction of sp³-hybridized carbons (Fsp3) is 0.714. The third-order valence-electron chi connectivity index (χ3n) is 3.85. The number of ether oxygens (including phenoxy) is 1. The van der Waals surface area contributed by atoms with E-state index in [1.54, 1.807) is 20.8 Å². The van der Waals surface area contributed by atoms with Crippen LogP contribution < -0.4 is 4.72 Å². The average Bonchev–Trinajstić information content (AvgIpc) is 2.77. The quantitative estimate of drug-likeness (QED) is 0.876. The van der Waals surface area contributed by atoms with E-state index in [9.17, 15) is 13.2 Å². The van der Waals surface area contributed by atoms with E-state index in [-0.39, 0.29) is 11.9 Å². The van der Waals surface area contributed by atoms with Gasteiger partial charge in [-0.2, -0.15) is 0 Å². The van der Waals surface area contributed by atoms with Crippen LogP contribution in [0.2, 0.25) is 0 Å². The van der Waals surface area contributed by atoms with Crippen molar-refractivity contribution >= 4 is 15.9 Å². The summed E-state index contributed by atoms with van der Waals surface area (Å²) in [5.74, 6) is -0.890. The van der Waals surface area contributed by atoms with E-state index in [0.717, 1.165) is 12.8 Å². The largest absolute Gasteiger partial charge is 0.377 e. The summed E-state index contributed by atoms with van der Waals surface area (Å²) in [6, 6.07) is 0. The lowest BCUT2D eigenvalue weighted by Crippen LogP contribution is -2.40. The van der Waals surface area contributed by atoms with Crippen LogP contribution in [-0.2, 0) is 19.6 Å². The normalized spacial score (nSPS) is 20.6. The number of carbonyl (C=O) groups excluding carboxylic acids is 1. The van der Waals surface area contributed by atoms with Gasteiger partial charge in [0.15, 0.2) is 0 Å². The summed E-state index contributed by atoms with van der Waals surface area (Å²) in [5, 5.41) is 3.79. The number of nitrogens with one attached hydrogen (secondary N) is 1. The van der Waals surface area contributed by atoms with Crippen LogP contribution in [0.25, 0.3) is 0 Å². The number of aryl methyl sites for hydroxylation is 2. The van der Waals surface area contributed by atoms with Crippen LogP contribution in [-0.4, -0.2) is 37.9 Å². The molecular weight excluding hydrogens is 308 g/mol. The summed E-state index contributed by atoms with van der Waals surface area (Å²) < 4.78 is 36.8. The first-order chi connectivity index (χ1) is 10.3. The van der Waals surface area contributed by atoms with Gasteiger partial charge in [-0.05, 0) is 40.0 Å². The van der Waals surface area contributed by atoms with Gasteiger partial charge in [-0.25, -0.2) is 8.42 Å². The van der Waals surface area contributed by atoms with E-state index in [1.165, 1.54) is 0 Å². The highest BCUT2D eigenvalue weighted by atomic mass is 32.2. The Labute approximate surface area is 130 Å². The molecule has 0 aliphatic carbocycles. The standard InChI is InChI=1S/C14H22N2O5S/c1-9(13-10(2)15-21-11(13)3)14(17)16-22(18,19)8-12-6-4-5-7-20-12/h9,12H,4-8H2,1-3H3,(H,16,17)/t9-,12-/m0/s1. The van der Waals surface area contributed by atoms with Crippen molar-refractivity contribution in [1.29, 1.82) is 0 Å². The summed E-state index contributed by atoms with van der Waals surface area (Å²) in [6.07, 6.45) is 2.26. The Kier molecular flexibility index (Phi) is 5.23. The first kappa shape index (κ1) is 17.0. The predicted octanol–water partition coefficient (Wildman–Crippen LogP) is 1.41.